The summed E-state index contributed by atoms with van der Waals surface area (Å²) >= 11 is 0. The van der Waals surface area contributed by atoms with E-state index >= 15 is 0 Å². The molecule has 0 aromatic heterocycles. The summed E-state index contributed by atoms with van der Waals surface area (Å²) in [7, 11) is 0. The number of ether oxygens (including phenoxy) is 1. The van der Waals surface area contributed by atoms with Gasteiger partial charge < -0.3 is 4.74 Å². The molecule has 0 saturated carbocycles. The molecule has 0 amide bonds. The van der Waals surface area contributed by atoms with Crippen LogP contribution >= 0.6 is 0 Å². The minimum Gasteiger partial charge on any atom is -0.489 e. The van der Waals surface area contributed by atoms with Gasteiger partial charge in [0.1, 0.15) is 11.9 Å². The highest BCUT2D eigenvalue weighted by molar-refractivity contribution is 5.27. The second-order valence-electron chi connectivity index (χ2n) is 5.11. The van der Waals surface area contributed by atoms with Crippen molar-refractivity contribution in [2.24, 2.45) is 5.92 Å². The number of rotatable bonds is 2. The summed E-state index contributed by atoms with van der Waals surface area (Å²) < 4.78 is 6.13. The molecule has 0 aliphatic carbocycles. The molecule has 0 radical (unpaired) electrons. The van der Waals surface area contributed by atoms with Gasteiger partial charge in [0.15, 0.2) is 0 Å². The van der Waals surface area contributed by atoms with E-state index in [1.54, 1.807) is 0 Å². The Hall–Kier alpha value is -1.02. The van der Waals surface area contributed by atoms with Crippen LogP contribution in [0.25, 0.3) is 0 Å². The first kappa shape index (κ1) is 10.2. The summed E-state index contributed by atoms with van der Waals surface area (Å²) in [6, 6.07) is 8.40. The van der Waals surface area contributed by atoms with Crippen molar-refractivity contribution >= 4 is 0 Å². The molecular formula is C14H19NO. The zero-order valence-corrected chi connectivity index (χ0v) is 9.86. The fourth-order valence-corrected chi connectivity index (χ4v) is 2.91. The zero-order valence-electron chi connectivity index (χ0n) is 9.86. The molecule has 2 nitrogen and oxygen atoms in total. The minimum absolute atomic E-state index is 0.421. The van der Waals surface area contributed by atoms with Gasteiger partial charge >= 0.3 is 0 Å². The fourth-order valence-electron chi connectivity index (χ4n) is 2.91. The first-order chi connectivity index (χ1) is 7.81. The molecule has 3 heterocycles. The van der Waals surface area contributed by atoms with Gasteiger partial charge in [0.25, 0.3) is 0 Å². The van der Waals surface area contributed by atoms with E-state index in [-0.39, 0.29) is 0 Å². The third-order valence-corrected chi connectivity index (χ3v) is 3.87. The summed E-state index contributed by atoms with van der Waals surface area (Å²) in [4.78, 5) is 2.53. The molecule has 1 aromatic carbocycles. The number of piperidine rings is 3. The van der Waals surface area contributed by atoms with Crippen LogP contribution in [0.2, 0.25) is 0 Å². The normalized spacial score (nSPS) is 32.7. The Bertz CT molecular complexity index is 369. The lowest BCUT2D eigenvalue weighted by Gasteiger charge is -2.44. The Morgan fingerprint density at radius 3 is 2.69 bits per heavy atom. The summed E-state index contributed by atoms with van der Waals surface area (Å²) in [5.41, 5.74) is 1.28. The average Bonchev–Trinajstić information content (AvgIpc) is 2.30. The third-order valence-electron chi connectivity index (χ3n) is 3.87. The highest BCUT2D eigenvalue weighted by Gasteiger charge is 2.35. The van der Waals surface area contributed by atoms with Crippen molar-refractivity contribution in [2.45, 2.75) is 25.9 Å². The summed E-state index contributed by atoms with van der Waals surface area (Å²) in [5, 5.41) is 0. The van der Waals surface area contributed by atoms with Crippen LogP contribution in [0.15, 0.2) is 24.3 Å². The smallest absolute Gasteiger partial charge is 0.120 e. The van der Waals surface area contributed by atoms with Crippen molar-refractivity contribution in [1.29, 1.82) is 0 Å². The van der Waals surface area contributed by atoms with Crippen LogP contribution in [0, 0.1) is 12.8 Å². The minimum atomic E-state index is 0.421. The van der Waals surface area contributed by atoms with Crippen molar-refractivity contribution in [3.8, 4) is 5.75 Å². The van der Waals surface area contributed by atoms with E-state index in [4.69, 9.17) is 4.74 Å². The molecule has 16 heavy (non-hydrogen) atoms. The van der Waals surface area contributed by atoms with E-state index in [0.29, 0.717) is 6.10 Å². The number of aryl methyl sites for hydroxylation is 1. The third kappa shape index (κ3) is 1.94. The molecule has 1 atom stereocenters. The second kappa shape index (κ2) is 4.10. The van der Waals surface area contributed by atoms with Crippen LogP contribution in [-0.2, 0) is 0 Å². The molecule has 2 heteroatoms. The lowest BCUT2D eigenvalue weighted by Crippen LogP contribution is -2.52. The maximum atomic E-state index is 6.13. The highest BCUT2D eigenvalue weighted by Crippen LogP contribution is 2.30. The van der Waals surface area contributed by atoms with E-state index in [1.165, 1.54) is 31.5 Å². The van der Waals surface area contributed by atoms with Crippen LogP contribution in [0.1, 0.15) is 18.4 Å². The van der Waals surface area contributed by atoms with Crippen molar-refractivity contribution < 1.29 is 4.74 Å². The topological polar surface area (TPSA) is 12.5 Å². The summed E-state index contributed by atoms with van der Waals surface area (Å²) in [6.07, 6.45) is 3.05. The molecule has 0 N–H and O–H groups in total. The Morgan fingerprint density at radius 2 is 2.06 bits per heavy atom. The van der Waals surface area contributed by atoms with Gasteiger partial charge in [-0.25, -0.2) is 0 Å². The number of fused-ring (bicyclic) bond motifs is 3. The van der Waals surface area contributed by atoms with Crippen LogP contribution in [0.4, 0.5) is 0 Å². The van der Waals surface area contributed by atoms with Gasteiger partial charge in [-0.05, 0) is 56.5 Å². The quantitative estimate of drug-likeness (QED) is 0.754. The van der Waals surface area contributed by atoms with Gasteiger partial charge in [0.05, 0.1) is 0 Å². The molecule has 1 aromatic rings. The molecule has 86 valence electrons. The van der Waals surface area contributed by atoms with Crippen LogP contribution < -0.4 is 4.74 Å². The predicted octanol–water partition coefficient (Wildman–Crippen LogP) is 2.47. The first-order valence-corrected chi connectivity index (χ1v) is 6.27. The lowest BCUT2D eigenvalue weighted by molar-refractivity contribution is -0.00777. The maximum absolute atomic E-state index is 6.13. The van der Waals surface area contributed by atoms with Gasteiger partial charge in [-0.1, -0.05) is 12.1 Å². The van der Waals surface area contributed by atoms with E-state index in [1.807, 2.05) is 0 Å². The molecule has 2 bridgehead atoms. The van der Waals surface area contributed by atoms with Crippen molar-refractivity contribution in [3.05, 3.63) is 29.8 Å². The molecule has 3 fully saturated rings. The van der Waals surface area contributed by atoms with E-state index in [9.17, 15) is 0 Å². The first-order valence-electron chi connectivity index (χ1n) is 6.27. The van der Waals surface area contributed by atoms with E-state index < -0.39 is 0 Å². The molecule has 0 spiro atoms. The largest absolute Gasteiger partial charge is 0.489 e. The molecule has 0 unspecified atom stereocenters. The van der Waals surface area contributed by atoms with Gasteiger partial charge in [-0.3, -0.25) is 4.90 Å². The molecular weight excluding hydrogens is 198 g/mol. The second-order valence-corrected chi connectivity index (χ2v) is 5.11. The van der Waals surface area contributed by atoms with Crippen molar-refractivity contribution in [1.82, 2.24) is 4.90 Å². The SMILES string of the molecule is Cc1cccc(O[C@H]2CN3CCC2CC3)c1. The number of nitrogens with zero attached hydrogens (tertiary/aromatic N) is 1. The Labute approximate surface area is 97.2 Å². The molecule has 3 saturated heterocycles. The number of benzene rings is 1. The van der Waals surface area contributed by atoms with Gasteiger partial charge in [-0.2, -0.15) is 0 Å². The standard InChI is InChI=1S/C14H19NO/c1-11-3-2-4-13(9-11)16-14-10-15-7-5-12(14)6-8-15/h2-4,9,12,14H,5-8,10H2,1H3/t14-/m0/s1. The monoisotopic (exact) mass is 217 g/mol. The molecule has 3 aliphatic heterocycles. The average molecular weight is 217 g/mol. The molecule has 3 aliphatic rings. The highest BCUT2D eigenvalue weighted by atomic mass is 16.5. The lowest BCUT2D eigenvalue weighted by atomic mass is 9.86. The number of hydrogen-bond acceptors (Lipinski definition) is 2. The van der Waals surface area contributed by atoms with Crippen LogP contribution in [0.3, 0.4) is 0 Å². The van der Waals surface area contributed by atoms with Gasteiger partial charge in [0.2, 0.25) is 0 Å². The van der Waals surface area contributed by atoms with Crippen molar-refractivity contribution in [3.63, 3.8) is 0 Å². The Morgan fingerprint density at radius 1 is 1.25 bits per heavy atom. The fraction of sp³-hybridized carbons (Fsp3) is 0.571. The molecule has 4 rings (SSSR count). The van der Waals surface area contributed by atoms with Crippen molar-refractivity contribution in [2.75, 3.05) is 19.6 Å². The zero-order chi connectivity index (χ0) is 11.0. The maximum Gasteiger partial charge on any atom is 0.120 e. The summed E-state index contributed by atoms with van der Waals surface area (Å²) in [5.74, 6) is 1.82. The Balaban J connectivity index is 1.71. The summed E-state index contributed by atoms with van der Waals surface area (Å²) in [6.45, 7) is 5.79. The van der Waals surface area contributed by atoms with Crippen LogP contribution in [0.5, 0.6) is 5.75 Å². The Kier molecular flexibility index (Phi) is 2.60. The van der Waals surface area contributed by atoms with E-state index in [0.717, 1.165) is 18.2 Å². The van der Waals surface area contributed by atoms with Gasteiger partial charge in [-0.15, -0.1) is 0 Å². The number of hydrogen-bond donors (Lipinski definition) is 0. The van der Waals surface area contributed by atoms with E-state index in [2.05, 4.69) is 36.1 Å². The van der Waals surface area contributed by atoms with Gasteiger partial charge in [0, 0.05) is 6.54 Å². The van der Waals surface area contributed by atoms with Crippen LogP contribution in [-0.4, -0.2) is 30.6 Å². The predicted molar refractivity (Wildman–Crippen MR) is 64.8 cm³/mol.